The van der Waals surface area contributed by atoms with Crippen molar-refractivity contribution in [1.29, 1.82) is 0 Å². The molecular formula is C27H28N4O3S. The number of hydrogen-bond acceptors (Lipinski definition) is 6. The molecule has 0 aliphatic rings. The molecule has 1 aromatic heterocycles. The maximum atomic E-state index is 12.8. The van der Waals surface area contributed by atoms with Gasteiger partial charge in [0.15, 0.2) is 11.0 Å². The summed E-state index contributed by atoms with van der Waals surface area (Å²) in [6, 6.07) is 23.3. The second kappa shape index (κ2) is 11.1. The Balaban J connectivity index is 1.60. The number of nitrogens with one attached hydrogen (secondary N) is 1. The average molecular weight is 489 g/mol. The predicted octanol–water partition coefficient (Wildman–Crippen LogP) is 5.23. The Hall–Kier alpha value is -3.78. The summed E-state index contributed by atoms with van der Waals surface area (Å²) in [7, 11) is 3.26. The third-order valence-electron chi connectivity index (χ3n) is 5.68. The number of ether oxygens (including phenoxy) is 2. The molecule has 0 aliphatic carbocycles. The van der Waals surface area contributed by atoms with Crippen LogP contribution in [0.1, 0.15) is 24.1 Å². The quantitative estimate of drug-likeness (QED) is 0.325. The number of carbonyl (C=O) groups is 1. The predicted molar refractivity (Wildman–Crippen MR) is 138 cm³/mol. The Morgan fingerprint density at radius 3 is 2.40 bits per heavy atom. The smallest absolute Gasteiger partial charge is 0.230 e. The van der Waals surface area contributed by atoms with Gasteiger partial charge < -0.3 is 14.8 Å². The van der Waals surface area contributed by atoms with E-state index in [0.29, 0.717) is 16.7 Å². The molecule has 7 nitrogen and oxygen atoms in total. The number of rotatable bonds is 9. The highest BCUT2D eigenvalue weighted by atomic mass is 32.2. The van der Waals surface area contributed by atoms with Gasteiger partial charge in [0.25, 0.3) is 0 Å². The topological polar surface area (TPSA) is 78.3 Å². The van der Waals surface area contributed by atoms with Gasteiger partial charge >= 0.3 is 0 Å². The number of hydrogen-bond donors (Lipinski definition) is 1. The fourth-order valence-electron chi connectivity index (χ4n) is 3.89. The lowest BCUT2D eigenvalue weighted by Gasteiger charge is -2.16. The number of carbonyl (C=O) groups excluding carboxylic acids is 1. The molecule has 0 bridgehead atoms. The molecule has 1 atom stereocenters. The summed E-state index contributed by atoms with van der Waals surface area (Å²) in [6.45, 7) is 4.04. The van der Waals surface area contributed by atoms with Gasteiger partial charge in [-0.3, -0.25) is 9.36 Å². The fourth-order valence-corrected chi connectivity index (χ4v) is 4.66. The first kappa shape index (κ1) is 24.3. The molecule has 0 spiro atoms. The van der Waals surface area contributed by atoms with E-state index < -0.39 is 0 Å². The second-order valence-corrected chi connectivity index (χ2v) is 8.92. The molecule has 0 aliphatic heterocycles. The summed E-state index contributed by atoms with van der Waals surface area (Å²) in [5.41, 5.74) is 3.91. The van der Waals surface area contributed by atoms with Crippen molar-refractivity contribution in [3.05, 3.63) is 83.9 Å². The number of amides is 1. The van der Waals surface area contributed by atoms with Gasteiger partial charge in [0, 0.05) is 0 Å². The normalized spacial score (nSPS) is 11.7. The highest BCUT2D eigenvalue weighted by molar-refractivity contribution is 7.99. The summed E-state index contributed by atoms with van der Waals surface area (Å²) in [5, 5.41) is 12.6. The zero-order valence-corrected chi connectivity index (χ0v) is 21.0. The Morgan fingerprint density at radius 2 is 1.69 bits per heavy atom. The minimum atomic E-state index is -0.0899. The lowest BCUT2D eigenvalue weighted by atomic mass is 10.0. The summed E-state index contributed by atoms with van der Waals surface area (Å²) >= 11 is 1.34. The first-order valence-corrected chi connectivity index (χ1v) is 12.2. The Labute approximate surface area is 209 Å². The molecule has 0 radical (unpaired) electrons. The number of para-hydroxylation sites is 1. The van der Waals surface area contributed by atoms with Crippen LogP contribution >= 0.6 is 11.8 Å². The zero-order chi connectivity index (χ0) is 24.8. The van der Waals surface area contributed by atoms with E-state index in [2.05, 4.69) is 15.5 Å². The molecule has 3 aromatic carbocycles. The van der Waals surface area contributed by atoms with Crippen LogP contribution in [0.4, 0.5) is 0 Å². The molecule has 1 N–H and O–H groups in total. The van der Waals surface area contributed by atoms with E-state index in [1.165, 1.54) is 11.8 Å². The van der Waals surface area contributed by atoms with Crippen LogP contribution < -0.4 is 14.8 Å². The zero-order valence-electron chi connectivity index (χ0n) is 20.2. The van der Waals surface area contributed by atoms with Crippen molar-refractivity contribution in [1.82, 2.24) is 20.1 Å². The Bertz CT molecular complexity index is 1300. The van der Waals surface area contributed by atoms with E-state index in [-0.39, 0.29) is 17.7 Å². The maximum Gasteiger partial charge on any atom is 0.230 e. The third kappa shape index (κ3) is 5.49. The molecule has 180 valence electrons. The number of benzene rings is 3. The Kier molecular flexibility index (Phi) is 7.72. The van der Waals surface area contributed by atoms with Gasteiger partial charge in [0.2, 0.25) is 5.91 Å². The fraction of sp³-hybridized carbons (Fsp3) is 0.222. The first-order chi connectivity index (χ1) is 17.0. The molecule has 1 heterocycles. The van der Waals surface area contributed by atoms with Crippen molar-refractivity contribution in [3.63, 3.8) is 0 Å². The van der Waals surface area contributed by atoms with E-state index >= 15 is 0 Å². The molecule has 4 rings (SSSR count). The third-order valence-corrected chi connectivity index (χ3v) is 6.61. The van der Waals surface area contributed by atoms with Crippen molar-refractivity contribution < 1.29 is 14.3 Å². The Morgan fingerprint density at radius 1 is 0.971 bits per heavy atom. The van der Waals surface area contributed by atoms with E-state index in [4.69, 9.17) is 9.47 Å². The van der Waals surface area contributed by atoms with Gasteiger partial charge in [-0.05, 0) is 61.4 Å². The number of aromatic nitrogens is 3. The first-order valence-electron chi connectivity index (χ1n) is 11.2. The SMILES string of the molecule is COc1ccc(-n2c(SCC(=O)NC(C)c3ccccc3C)nnc2-c2ccccc2OC)cc1. The van der Waals surface area contributed by atoms with Gasteiger partial charge in [-0.2, -0.15) is 0 Å². The van der Waals surface area contributed by atoms with Gasteiger partial charge in [-0.1, -0.05) is 48.2 Å². The average Bonchev–Trinajstić information content (AvgIpc) is 3.31. The summed E-state index contributed by atoms with van der Waals surface area (Å²) < 4.78 is 12.8. The lowest BCUT2D eigenvalue weighted by molar-refractivity contribution is -0.119. The van der Waals surface area contributed by atoms with Crippen LogP contribution in [0.15, 0.2) is 78.0 Å². The second-order valence-electron chi connectivity index (χ2n) is 7.97. The molecule has 0 fully saturated rings. The van der Waals surface area contributed by atoms with Crippen molar-refractivity contribution in [3.8, 4) is 28.6 Å². The van der Waals surface area contributed by atoms with Crippen LogP contribution in [0.3, 0.4) is 0 Å². The van der Waals surface area contributed by atoms with Crippen LogP contribution in [0.25, 0.3) is 17.1 Å². The molecule has 0 saturated carbocycles. The van der Waals surface area contributed by atoms with Gasteiger partial charge in [0.1, 0.15) is 11.5 Å². The lowest BCUT2D eigenvalue weighted by Crippen LogP contribution is -2.28. The van der Waals surface area contributed by atoms with Crippen LogP contribution in [0, 0.1) is 6.92 Å². The van der Waals surface area contributed by atoms with Gasteiger partial charge in [0.05, 0.1) is 37.3 Å². The maximum absolute atomic E-state index is 12.8. The van der Waals surface area contributed by atoms with Gasteiger partial charge in [-0.15, -0.1) is 10.2 Å². The van der Waals surface area contributed by atoms with E-state index in [1.54, 1.807) is 14.2 Å². The van der Waals surface area contributed by atoms with E-state index in [0.717, 1.165) is 28.1 Å². The van der Waals surface area contributed by atoms with E-state index in [1.807, 2.05) is 91.2 Å². The molecule has 8 heteroatoms. The van der Waals surface area contributed by atoms with Crippen molar-refractivity contribution >= 4 is 17.7 Å². The minimum absolute atomic E-state index is 0.0751. The molecule has 35 heavy (non-hydrogen) atoms. The summed E-state index contributed by atoms with van der Waals surface area (Å²) in [6.07, 6.45) is 0. The van der Waals surface area contributed by atoms with Crippen LogP contribution in [0.5, 0.6) is 11.5 Å². The minimum Gasteiger partial charge on any atom is -0.497 e. The van der Waals surface area contributed by atoms with E-state index in [9.17, 15) is 4.79 Å². The number of methoxy groups -OCH3 is 2. The van der Waals surface area contributed by atoms with Crippen LogP contribution in [-0.2, 0) is 4.79 Å². The summed E-state index contributed by atoms with van der Waals surface area (Å²) in [5.74, 6) is 2.20. The number of aryl methyl sites for hydroxylation is 1. The molecule has 0 saturated heterocycles. The van der Waals surface area contributed by atoms with Crippen LogP contribution in [-0.4, -0.2) is 40.6 Å². The largest absolute Gasteiger partial charge is 0.497 e. The number of nitrogens with zero attached hydrogens (tertiary/aromatic N) is 3. The molecular weight excluding hydrogens is 460 g/mol. The number of thioether (sulfide) groups is 1. The monoisotopic (exact) mass is 488 g/mol. The molecule has 1 amide bonds. The highest BCUT2D eigenvalue weighted by Crippen LogP contribution is 2.33. The molecule has 4 aromatic rings. The van der Waals surface area contributed by atoms with Crippen LogP contribution in [0.2, 0.25) is 0 Å². The highest BCUT2D eigenvalue weighted by Gasteiger charge is 2.20. The summed E-state index contributed by atoms with van der Waals surface area (Å²) in [4.78, 5) is 12.8. The van der Waals surface area contributed by atoms with Gasteiger partial charge in [-0.25, -0.2) is 0 Å². The van der Waals surface area contributed by atoms with Crippen molar-refractivity contribution in [2.24, 2.45) is 0 Å². The molecule has 1 unspecified atom stereocenters. The standard InChI is InChI=1S/C27H28N4O3S/c1-18-9-5-6-10-22(18)19(2)28-25(32)17-35-27-30-29-26(23-11-7-8-12-24(23)34-4)31(27)20-13-15-21(33-3)16-14-20/h5-16,19H,17H2,1-4H3,(H,28,32). The van der Waals surface area contributed by atoms with Crippen molar-refractivity contribution in [2.75, 3.05) is 20.0 Å². The van der Waals surface area contributed by atoms with Crippen molar-refractivity contribution in [2.45, 2.75) is 25.0 Å².